The number of aryl methyl sites for hydroxylation is 2. The monoisotopic (exact) mass is 233 g/mol. The zero-order valence-corrected chi connectivity index (χ0v) is 10.7. The van der Waals surface area contributed by atoms with Gasteiger partial charge in [0.15, 0.2) is 9.84 Å². The van der Waals surface area contributed by atoms with Crippen LogP contribution in [0.3, 0.4) is 0 Å². The first-order chi connectivity index (χ1) is 6.16. The summed E-state index contributed by atoms with van der Waals surface area (Å²) in [5, 5.41) is 0.797. The molecule has 0 aliphatic carbocycles. The highest BCUT2D eigenvalue weighted by molar-refractivity contribution is 7.94. The van der Waals surface area contributed by atoms with Gasteiger partial charge in [-0.3, -0.25) is 0 Å². The standard InChI is InChI=1S/C9H15NO2S2/c1-6-8(13-7(2)10-6)14(11,12)9(3,4)5/h1-5H3. The summed E-state index contributed by atoms with van der Waals surface area (Å²) >= 11 is 1.25. The Labute approximate surface area is 89.1 Å². The molecule has 1 rings (SSSR count). The van der Waals surface area contributed by atoms with Gasteiger partial charge in [-0.15, -0.1) is 11.3 Å². The molecule has 0 aromatic carbocycles. The number of thiazole rings is 1. The van der Waals surface area contributed by atoms with E-state index in [-0.39, 0.29) is 0 Å². The van der Waals surface area contributed by atoms with E-state index in [0.29, 0.717) is 9.90 Å². The Hall–Kier alpha value is -0.420. The SMILES string of the molecule is Cc1nc(C)c(S(=O)(=O)C(C)(C)C)s1. The number of aromatic nitrogens is 1. The highest BCUT2D eigenvalue weighted by Crippen LogP contribution is 2.31. The van der Waals surface area contributed by atoms with Crippen molar-refractivity contribution in [1.29, 1.82) is 0 Å². The first-order valence-electron chi connectivity index (χ1n) is 4.35. The van der Waals surface area contributed by atoms with Crippen LogP contribution in [-0.4, -0.2) is 18.1 Å². The lowest BCUT2D eigenvalue weighted by molar-refractivity contribution is 0.561. The molecular formula is C9H15NO2S2. The van der Waals surface area contributed by atoms with Gasteiger partial charge in [0.1, 0.15) is 4.21 Å². The molecule has 0 fully saturated rings. The van der Waals surface area contributed by atoms with E-state index < -0.39 is 14.6 Å². The molecule has 0 aliphatic rings. The van der Waals surface area contributed by atoms with E-state index in [1.165, 1.54) is 11.3 Å². The molecule has 14 heavy (non-hydrogen) atoms. The zero-order chi connectivity index (χ0) is 11.1. The first kappa shape index (κ1) is 11.7. The van der Waals surface area contributed by atoms with Crippen LogP contribution in [0.15, 0.2) is 4.21 Å². The summed E-state index contributed by atoms with van der Waals surface area (Å²) in [5.74, 6) is 0. The maximum Gasteiger partial charge on any atom is 0.194 e. The molecule has 0 radical (unpaired) electrons. The summed E-state index contributed by atoms with van der Waals surface area (Å²) in [6.45, 7) is 8.67. The van der Waals surface area contributed by atoms with E-state index in [4.69, 9.17) is 0 Å². The molecule has 3 nitrogen and oxygen atoms in total. The molecule has 0 aliphatic heterocycles. The largest absolute Gasteiger partial charge is 0.245 e. The third-order valence-electron chi connectivity index (χ3n) is 1.91. The molecule has 0 N–H and O–H groups in total. The fourth-order valence-corrected chi connectivity index (χ4v) is 4.23. The van der Waals surface area contributed by atoms with Gasteiger partial charge in [-0.2, -0.15) is 0 Å². The van der Waals surface area contributed by atoms with Crippen molar-refractivity contribution in [2.75, 3.05) is 0 Å². The summed E-state index contributed by atoms with van der Waals surface area (Å²) in [7, 11) is -3.23. The lowest BCUT2D eigenvalue weighted by atomic mass is 10.3. The Morgan fingerprint density at radius 1 is 1.21 bits per heavy atom. The van der Waals surface area contributed by atoms with Crippen LogP contribution in [0, 0.1) is 13.8 Å². The molecule has 1 aromatic rings. The molecule has 1 heterocycles. The molecule has 0 unspecified atom stereocenters. The second kappa shape index (κ2) is 3.31. The van der Waals surface area contributed by atoms with Crippen LogP contribution < -0.4 is 0 Å². The molecule has 0 bridgehead atoms. The highest BCUT2D eigenvalue weighted by atomic mass is 32.2. The maximum atomic E-state index is 12.1. The number of sulfone groups is 1. The summed E-state index contributed by atoms with van der Waals surface area (Å²) < 4.78 is 23.8. The van der Waals surface area contributed by atoms with Crippen molar-refractivity contribution in [3.05, 3.63) is 10.7 Å². The van der Waals surface area contributed by atoms with Gasteiger partial charge < -0.3 is 0 Å². The van der Waals surface area contributed by atoms with Gasteiger partial charge in [-0.05, 0) is 34.6 Å². The molecule has 0 atom stereocenters. The minimum atomic E-state index is -3.23. The van der Waals surface area contributed by atoms with Crippen molar-refractivity contribution in [3.8, 4) is 0 Å². The van der Waals surface area contributed by atoms with Crippen molar-refractivity contribution >= 4 is 21.2 Å². The second-order valence-corrected chi connectivity index (χ2v) is 8.32. The Morgan fingerprint density at radius 3 is 2.00 bits per heavy atom. The van der Waals surface area contributed by atoms with Gasteiger partial charge in [-0.1, -0.05) is 0 Å². The van der Waals surface area contributed by atoms with Crippen molar-refractivity contribution in [1.82, 2.24) is 4.98 Å². The Balaban J connectivity index is 3.39. The van der Waals surface area contributed by atoms with E-state index in [2.05, 4.69) is 4.98 Å². The van der Waals surface area contributed by atoms with E-state index in [0.717, 1.165) is 5.01 Å². The Morgan fingerprint density at radius 2 is 1.71 bits per heavy atom. The smallest absolute Gasteiger partial charge is 0.194 e. The van der Waals surface area contributed by atoms with E-state index in [1.54, 1.807) is 27.7 Å². The number of hydrogen-bond donors (Lipinski definition) is 0. The fourth-order valence-electron chi connectivity index (χ4n) is 1.04. The molecule has 0 saturated carbocycles. The lowest BCUT2D eigenvalue weighted by Gasteiger charge is -2.17. The van der Waals surface area contributed by atoms with Crippen LogP contribution >= 0.6 is 11.3 Å². The maximum absolute atomic E-state index is 12.1. The third-order valence-corrected chi connectivity index (χ3v) is 6.08. The lowest BCUT2D eigenvalue weighted by Crippen LogP contribution is -2.27. The minimum absolute atomic E-state index is 0.405. The van der Waals surface area contributed by atoms with Crippen LogP contribution in [-0.2, 0) is 9.84 Å². The molecule has 0 saturated heterocycles. The van der Waals surface area contributed by atoms with Crippen molar-refractivity contribution in [3.63, 3.8) is 0 Å². The molecule has 0 amide bonds. The van der Waals surface area contributed by atoms with Crippen LogP contribution in [0.4, 0.5) is 0 Å². The number of rotatable bonds is 1. The Bertz CT molecular complexity index is 438. The molecule has 1 aromatic heterocycles. The number of nitrogens with zero attached hydrogens (tertiary/aromatic N) is 1. The Kier molecular flexibility index (Phi) is 2.75. The van der Waals surface area contributed by atoms with Gasteiger partial charge >= 0.3 is 0 Å². The molecule has 0 spiro atoms. The van der Waals surface area contributed by atoms with Crippen LogP contribution in [0.1, 0.15) is 31.5 Å². The topological polar surface area (TPSA) is 47.0 Å². The van der Waals surface area contributed by atoms with Crippen molar-refractivity contribution in [2.24, 2.45) is 0 Å². The van der Waals surface area contributed by atoms with Gasteiger partial charge in [0.05, 0.1) is 15.4 Å². The summed E-state index contributed by atoms with van der Waals surface area (Å²) in [6.07, 6.45) is 0. The average Bonchev–Trinajstić information content (AvgIpc) is 2.27. The molecular weight excluding hydrogens is 218 g/mol. The van der Waals surface area contributed by atoms with Crippen LogP contribution in [0.25, 0.3) is 0 Å². The van der Waals surface area contributed by atoms with Crippen molar-refractivity contribution < 1.29 is 8.42 Å². The molecule has 5 heteroatoms. The average molecular weight is 233 g/mol. The minimum Gasteiger partial charge on any atom is -0.245 e. The second-order valence-electron chi connectivity index (χ2n) is 4.22. The highest BCUT2D eigenvalue weighted by Gasteiger charge is 2.34. The summed E-state index contributed by atoms with van der Waals surface area (Å²) in [6, 6.07) is 0. The zero-order valence-electron chi connectivity index (χ0n) is 9.08. The predicted molar refractivity (Wildman–Crippen MR) is 58.5 cm³/mol. The quantitative estimate of drug-likeness (QED) is 0.748. The van der Waals surface area contributed by atoms with Gasteiger partial charge in [0, 0.05) is 0 Å². The van der Waals surface area contributed by atoms with E-state index >= 15 is 0 Å². The summed E-state index contributed by atoms with van der Waals surface area (Å²) in [4.78, 5) is 4.13. The summed E-state index contributed by atoms with van der Waals surface area (Å²) in [5.41, 5.74) is 0.613. The molecule has 80 valence electrons. The normalized spacial score (nSPS) is 13.2. The van der Waals surface area contributed by atoms with E-state index in [1.807, 2.05) is 6.92 Å². The fraction of sp³-hybridized carbons (Fsp3) is 0.667. The predicted octanol–water partition coefficient (Wildman–Crippen LogP) is 2.33. The van der Waals surface area contributed by atoms with Crippen molar-refractivity contribution in [2.45, 2.75) is 43.6 Å². The van der Waals surface area contributed by atoms with Gasteiger partial charge in [-0.25, -0.2) is 13.4 Å². The van der Waals surface area contributed by atoms with Crippen LogP contribution in [0.5, 0.6) is 0 Å². The van der Waals surface area contributed by atoms with Crippen LogP contribution in [0.2, 0.25) is 0 Å². The number of hydrogen-bond acceptors (Lipinski definition) is 4. The third kappa shape index (κ3) is 1.83. The van der Waals surface area contributed by atoms with Gasteiger partial charge in [0.25, 0.3) is 0 Å². The van der Waals surface area contributed by atoms with E-state index in [9.17, 15) is 8.42 Å². The van der Waals surface area contributed by atoms with Gasteiger partial charge in [0.2, 0.25) is 0 Å². The first-order valence-corrected chi connectivity index (χ1v) is 6.65.